The molecule has 424 valence electrons. The third-order valence-electron chi connectivity index (χ3n) is 17.1. The second kappa shape index (κ2) is 30.9. The van der Waals surface area contributed by atoms with Crippen molar-refractivity contribution < 1.29 is 4.74 Å². The first kappa shape index (κ1) is 60.4. The summed E-state index contributed by atoms with van der Waals surface area (Å²) in [6.07, 6.45) is 25.0. The standard InChI is InChI=1S/C28H33N.C25H34O.C24H33N/c1-4-5-6-7-8-23-11-13-26(14-12-23)29-19-24-17-21(2)9-15-27(24)28-16-10-22(3)18-25(28)20-29;1-4-5-6-7-8-9-14-26-23-17-21-15-19(2)10-12-24(21)25-13-11-20(3)16-22(25)18-23;1-4-5-6-7-8-9-14-25-17-21-15-19(2)10-12-23(21)24-13-11-20(3)16-22(24)18-25/h9-18H,4-8,19-20H2,1-3H3;10-13,15-16,23H,4-9,14,17-18H2,1-3H3;10-13,15-16H,4-9,14,17-18H2,1-3H3. The van der Waals surface area contributed by atoms with Crippen molar-refractivity contribution in [2.45, 2.75) is 217 Å². The Morgan fingerprint density at radius 1 is 0.350 bits per heavy atom. The van der Waals surface area contributed by atoms with Gasteiger partial charge in [-0.1, -0.05) is 259 Å². The number of aryl methyl sites for hydroxylation is 7. The third kappa shape index (κ3) is 17.4. The summed E-state index contributed by atoms with van der Waals surface area (Å²) >= 11 is 0. The average molecular weight is 1070 g/mol. The van der Waals surface area contributed by atoms with Gasteiger partial charge in [0.2, 0.25) is 0 Å². The Balaban J connectivity index is 0.000000158. The van der Waals surface area contributed by atoms with Crippen LogP contribution in [0.1, 0.15) is 196 Å². The van der Waals surface area contributed by atoms with Crippen LogP contribution in [0, 0.1) is 41.5 Å². The predicted molar refractivity (Wildman–Crippen MR) is 346 cm³/mol. The molecule has 2 aliphatic heterocycles. The number of hydrogen-bond donors (Lipinski definition) is 0. The summed E-state index contributed by atoms with van der Waals surface area (Å²) in [6.45, 7) is 26.2. The van der Waals surface area contributed by atoms with Crippen LogP contribution in [0.3, 0.4) is 0 Å². The van der Waals surface area contributed by atoms with Crippen molar-refractivity contribution in [2.75, 3.05) is 18.1 Å². The lowest BCUT2D eigenvalue weighted by Gasteiger charge is -2.24. The molecule has 0 atom stereocenters. The molecule has 3 aliphatic rings. The molecule has 0 unspecified atom stereocenters. The van der Waals surface area contributed by atoms with Gasteiger partial charge >= 0.3 is 0 Å². The van der Waals surface area contributed by atoms with E-state index in [1.807, 2.05) is 0 Å². The van der Waals surface area contributed by atoms with Gasteiger partial charge in [-0.05, 0) is 171 Å². The number of rotatable bonds is 21. The normalized spacial score (nSPS) is 13.6. The molecular formula is C77H100N2O. The van der Waals surface area contributed by atoms with Gasteiger partial charge in [0.05, 0.1) is 6.10 Å². The number of anilines is 1. The Morgan fingerprint density at radius 2 is 0.688 bits per heavy atom. The summed E-state index contributed by atoms with van der Waals surface area (Å²) in [5.41, 5.74) is 28.1. The molecule has 0 amide bonds. The lowest BCUT2D eigenvalue weighted by Crippen LogP contribution is -2.23. The molecular weight excluding hydrogens is 969 g/mol. The van der Waals surface area contributed by atoms with E-state index in [4.69, 9.17) is 4.74 Å². The molecule has 7 aromatic rings. The van der Waals surface area contributed by atoms with Gasteiger partial charge in [0.25, 0.3) is 0 Å². The minimum atomic E-state index is 0.300. The van der Waals surface area contributed by atoms with Gasteiger partial charge in [0.1, 0.15) is 0 Å². The van der Waals surface area contributed by atoms with Crippen LogP contribution >= 0.6 is 0 Å². The molecule has 0 saturated carbocycles. The molecule has 0 spiro atoms. The maximum absolute atomic E-state index is 6.36. The number of nitrogens with zero attached hydrogens (tertiary/aromatic N) is 2. The van der Waals surface area contributed by atoms with Gasteiger partial charge in [-0.25, -0.2) is 0 Å². The second-order valence-electron chi connectivity index (χ2n) is 24.4. The monoisotopic (exact) mass is 1070 g/mol. The van der Waals surface area contributed by atoms with Crippen molar-refractivity contribution in [1.29, 1.82) is 0 Å². The minimum Gasteiger partial charge on any atom is -0.378 e. The molecule has 10 rings (SSSR count). The van der Waals surface area contributed by atoms with Gasteiger partial charge in [0, 0.05) is 38.5 Å². The summed E-state index contributed by atoms with van der Waals surface area (Å²) in [6, 6.07) is 50.9. The van der Waals surface area contributed by atoms with E-state index in [-0.39, 0.29) is 0 Å². The fourth-order valence-corrected chi connectivity index (χ4v) is 12.7. The lowest BCUT2D eigenvalue weighted by molar-refractivity contribution is 0.0517. The van der Waals surface area contributed by atoms with Crippen LogP contribution in [0.5, 0.6) is 0 Å². The van der Waals surface area contributed by atoms with E-state index in [0.29, 0.717) is 6.10 Å². The minimum absolute atomic E-state index is 0.300. The highest BCUT2D eigenvalue weighted by molar-refractivity contribution is 5.75. The van der Waals surface area contributed by atoms with E-state index in [9.17, 15) is 0 Å². The quantitative estimate of drug-likeness (QED) is 0.0667. The summed E-state index contributed by atoms with van der Waals surface area (Å²) in [4.78, 5) is 5.19. The lowest BCUT2D eigenvalue weighted by atomic mass is 9.94. The molecule has 2 heterocycles. The van der Waals surface area contributed by atoms with E-state index in [1.165, 1.54) is 227 Å². The molecule has 0 N–H and O–H groups in total. The molecule has 0 radical (unpaired) electrons. The number of unbranched alkanes of at least 4 members (excludes halogenated alkanes) is 13. The first-order valence-electron chi connectivity index (χ1n) is 31.7. The van der Waals surface area contributed by atoms with E-state index in [0.717, 1.165) is 45.6 Å². The molecule has 3 heteroatoms. The van der Waals surface area contributed by atoms with Gasteiger partial charge in [-0.3, -0.25) is 4.90 Å². The maximum atomic E-state index is 6.36. The highest BCUT2D eigenvalue weighted by atomic mass is 16.5. The smallest absolute Gasteiger partial charge is 0.0656 e. The Bertz CT molecular complexity index is 2870. The first-order chi connectivity index (χ1) is 39.0. The molecule has 0 saturated heterocycles. The topological polar surface area (TPSA) is 15.7 Å². The molecule has 1 aliphatic carbocycles. The van der Waals surface area contributed by atoms with Crippen LogP contribution in [0.25, 0.3) is 33.4 Å². The zero-order chi connectivity index (χ0) is 56.2. The van der Waals surface area contributed by atoms with Gasteiger partial charge < -0.3 is 9.64 Å². The van der Waals surface area contributed by atoms with Crippen molar-refractivity contribution in [3.63, 3.8) is 0 Å². The highest BCUT2D eigenvalue weighted by Crippen LogP contribution is 2.38. The number of benzene rings is 7. The van der Waals surface area contributed by atoms with Crippen molar-refractivity contribution in [3.8, 4) is 33.4 Å². The van der Waals surface area contributed by atoms with Crippen molar-refractivity contribution >= 4 is 5.69 Å². The predicted octanol–water partition coefficient (Wildman–Crippen LogP) is 21.1. The number of fused-ring (bicyclic) bond motifs is 9. The Hall–Kier alpha value is -5.74. The van der Waals surface area contributed by atoms with Gasteiger partial charge in [0.15, 0.2) is 0 Å². The van der Waals surface area contributed by atoms with E-state index in [1.54, 1.807) is 0 Å². The number of ether oxygens (including phenoxy) is 1. The van der Waals surface area contributed by atoms with Crippen LogP contribution in [0.15, 0.2) is 133 Å². The van der Waals surface area contributed by atoms with Crippen LogP contribution in [0.4, 0.5) is 5.69 Å². The fourth-order valence-electron chi connectivity index (χ4n) is 12.7. The summed E-state index contributed by atoms with van der Waals surface area (Å²) in [7, 11) is 0. The summed E-state index contributed by atoms with van der Waals surface area (Å²) in [5.74, 6) is 0. The Kier molecular flexibility index (Phi) is 23.3. The zero-order valence-corrected chi connectivity index (χ0v) is 51.3. The fraction of sp³-hybridized carbons (Fsp3) is 0.455. The van der Waals surface area contributed by atoms with Gasteiger partial charge in [-0.2, -0.15) is 0 Å². The summed E-state index contributed by atoms with van der Waals surface area (Å²) in [5, 5.41) is 0. The number of hydrogen-bond acceptors (Lipinski definition) is 3. The first-order valence-corrected chi connectivity index (χ1v) is 31.7. The van der Waals surface area contributed by atoms with Crippen LogP contribution < -0.4 is 4.90 Å². The van der Waals surface area contributed by atoms with Crippen LogP contribution in [-0.2, 0) is 50.2 Å². The molecule has 3 nitrogen and oxygen atoms in total. The third-order valence-corrected chi connectivity index (χ3v) is 17.1. The largest absolute Gasteiger partial charge is 0.378 e. The highest BCUT2D eigenvalue weighted by Gasteiger charge is 2.24. The Labute approximate surface area is 486 Å². The molecule has 7 aromatic carbocycles. The van der Waals surface area contributed by atoms with Gasteiger partial charge in [-0.15, -0.1) is 0 Å². The van der Waals surface area contributed by atoms with Crippen molar-refractivity contribution in [3.05, 3.63) is 206 Å². The van der Waals surface area contributed by atoms with E-state index in [2.05, 4.69) is 206 Å². The zero-order valence-electron chi connectivity index (χ0n) is 51.3. The average Bonchev–Trinajstić information content (AvgIpc) is 3.82. The van der Waals surface area contributed by atoms with E-state index < -0.39 is 0 Å². The molecule has 0 aromatic heterocycles. The summed E-state index contributed by atoms with van der Waals surface area (Å²) < 4.78 is 6.36. The maximum Gasteiger partial charge on any atom is 0.0656 e. The Morgan fingerprint density at radius 3 is 1.10 bits per heavy atom. The molecule has 0 bridgehead atoms. The SMILES string of the molecule is CCCCCCCCN1Cc2cc(C)ccc2-c2ccc(C)cc2C1.CCCCCCCCOC1Cc2cc(C)ccc2-c2ccc(C)cc2C1.CCCCCCc1ccc(N2Cc3cc(C)ccc3-c3ccc(C)cc3C2)cc1. The van der Waals surface area contributed by atoms with Crippen LogP contribution in [-0.4, -0.2) is 24.2 Å². The molecule has 0 fully saturated rings. The second-order valence-corrected chi connectivity index (χ2v) is 24.4. The van der Waals surface area contributed by atoms with Crippen molar-refractivity contribution in [2.24, 2.45) is 0 Å². The molecule has 80 heavy (non-hydrogen) atoms. The van der Waals surface area contributed by atoms with E-state index >= 15 is 0 Å². The van der Waals surface area contributed by atoms with Crippen molar-refractivity contribution in [1.82, 2.24) is 4.90 Å². The van der Waals surface area contributed by atoms with Crippen LogP contribution in [0.2, 0.25) is 0 Å².